The van der Waals surface area contributed by atoms with Crippen molar-refractivity contribution in [1.82, 2.24) is 0 Å². The summed E-state index contributed by atoms with van der Waals surface area (Å²) in [5.41, 5.74) is -5.70. The molecule has 98 valence electrons. The lowest BCUT2D eigenvalue weighted by molar-refractivity contribution is -0.341. The lowest BCUT2D eigenvalue weighted by Crippen LogP contribution is -2.54. The molecule has 0 aromatic rings. The van der Waals surface area contributed by atoms with E-state index < -0.39 is 40.3 Å². The van der Waals surface area contributed by atoms with Gasteiger partial charge in [0.2, 0.25) is 0 Å². The highest BCUT2D eigenvalue weighted by Gasteiger charge is 2.71. The van der Waals surface area contributed by atoms with Gasteiger partial charge in [0.05, 0.1) is 10.1 Å². The van der Waals surface area contributed by atoms with Crippen LogP contribution in [0.5, 0.6) is 0 Å². The summed E-state index contributed by atoms with van der Waals surface area (Å²) in [5.74, 6) is -2.09. The van der Waals surface area contributed by atoms with Crippen LogP contribution in [0.3, 0.4) is 0 Å². The van der Waals surface area contributed by atoms with Gasteiger partial charge in [-0.2, -0.15) is 26.3 Å². The van der Waals surface area contributed by atoms with Crippen LogP contribution < -0.4 is 0 Å². The predicted molar refractivity (Wildman–Crippen MR) is 35.1 cm³/mol. The van der Waals surface area contributed by atoms with Crippen LogP contribution in [0.25, 0.3) is 0 Å². The molecule has 0 saturated carbocycles. The van der Waals surface area contributed by atoms with Gasteiger partial charge in [0, 0.05) is 12.2 Å². The number of halogens is 7. The fraction of sp³-hybridized carbons (Fsp3) is 1.00. The molecular formula is C5H4F7O3S-. The maximum atomic E-state index is 12.7. The molecule has 0 unspecified atom stereocenters. The molecule has 0 saturated heterocycles. The number of hydrogen-bond donors (Lipinski definition) is 0. The van der Waals surface area contributed by atoms with E-state index in [0.29, 0.717) is 0 Å². The van der Waals surface area contributed by atoms with Crippen LogP contribution in [-0.2, 0) is 10.1 Å². The van der Waals surface area contributed by atoms with E-state index in [9.17, 15) is 43.7 Å². The van der Waals surface area contributed by atoms with Crippen molar-refractivity contribution < 1.29 is 43.7 Å². The molecule has 0 aromatic carbocycles. The SMILES string of the molecule is O=S(=O)([O-])CCC(F)(C(F)(F)F)C(F)(F)F. The van der Waals surface area contributed by atoms with Gasteiger partial charge in [-0.25, -0.2) is 12.8 Å². The Hall–Kier alpha value is -0.580. The Morgan fingerprint density at radius 1 is 0.875 bits per heavy atom. The Kier molecular flexibility index (Phi) is 3.87. The predicted octanol–water partition coefficient (Wildman–Crippen LogP) is 1.75. The minimum Gasteiger partial charge on any atom is -0.748 e. The summed E-state index contributed by atoms with van der Waals surface area (Å²) < 4.78 is 113. The van der Waals surface area contributed by atoms with Crippen molar-refractivity contribution in [1.29, 1.82) is 0 Å². The Bertz CT molecular complexity index is 326. The third-order valence-electron chi connectivity index (χ3n) is 1.60. The molecule has 0 radical (unpaired) electrons. The Labute approximate surface area is 85.0 Å². The summed E-state index contributed by atoms with van der Waals surface area (Å²) >= 11 is 0. The van der Waals surface area contributed by atoms with E-state index in [0.717, 1.165) is 0 Å². The molecule has 0 N–H and O–H groups in total. The first-order chi connectivity index (χ1) is 6.71. The summed E-state index contributed by atoms with van der Waals surface area (Å²) in [4.78, 5) is 0. The second-order valence-electron chi connectivity index (χ2n) is 2.81. The van der Waals surface area contributed by atoms with E-state index in [4.69, 9.17) is 0 Å². The van der Waals surface area contributed by atoms with Gasteiger partial charge in [0.15, 0.2) is 0 Å². The molecule has 0 amide bonds. The fourth-order valence-electron chi connectivity index (χ4n) is 0.710. The molecule has 0 aliphatic rings. The van der Waals surface area contributed by atoms with Crippen LogP contribution in [0.1, 0.15) is 6.42 Å². The van der Waals surface area contributed by atoms with E-state index >= 15 is 0 Å². The smallest absolute Gasteiger partial charge is 0.431 e. The maximum Gasteiger partial charge on any atom is 0.431 e. The van der Waals surface area contributed by atoms with Crippen LogP contribution in [0.2, 0.25) is 0 Å². The summed E-state index contributed by atoms with van der Waals surface area (Å²) in [6.45, 7) is 0. The molecule has 11 heteroatoms. The van der Waals surface area contributed by atoms with Gasteiger partial charge in [-0.05, 0) is 0 Å². The molecular weight excluding hydrogens is 273 g/mol. The zero-order valence-corrected chi connectivity index (χ0v) is 8.01. The van der Waals surface area contributed by atoms with Gasteiger partial charge < -0.3 is 4.55 Å². The highest BCUT2D eigenvalue weighted by Crippen LogP contribution is 2.48. The molecule has 0 fully saturated rings. The van der Waals surface area contributed by atoms with E-state index in [1.54, 1.807) is 0 Å². The fourth-order valence-corrected chi connectivity index (χ4v) is 1.24. The lowest BCUT2D eigenvalue weighted by atomic mass is 10.0. The Morgan fingerprint density at radius 3 is 1.38 bits per heavy atom. The average Bonchev–Trinajstić information content (AvgIpc) is 1.93. The molecule has 0 aromatic heterocycles. The summed E-state index contributed by atoms with van der Waals surface area (Å²) in [7, 11) is -5.37. The molecule has 16 heavy (non-hydrogen) atoms. The second kappa shape index (κ2) is 4.02. The second-order valence-corrected chi connectivity index (χ2v) is 4.33. The van der Waals surface area contributed by atoms with Crippen LogP contribution in [0.15, 0.2) is 0 Å². The van der Waals surface area contributed by atoms with Crippen molar-refractivity contribution in [3.05, 3.63) is 0 Å². The molecule has 0 bridgehead atoms. The third kappa shape index (κ3) is 3.47. The molecule has 0 aliphatic heterocycles. The van der Waals surface area contributed by atoms with Crippen molar-refractivity contribution in [2.45, 2.75) is 24.4 Å². The first-order valence-electron chi connectivity index (χ1n) is 3.47. The van der Waals surface area contributed by atoms with Crippen molar-refractivity contribution in [2.75, 3.05) is 5.75 Å². The molecule has 0 spiro atoms. The first kappa shape index (κ1) is 15.4. The zero-order chi connectivity index (χ0) is 13.4. The van der Waals surface area contributed by atoms with Gasteiger partial charge in [0.25, 0.3) is 5.67 Å². The molecule has 3 nitrogen and oxygen atoms in total. The third-order valence-corrected chi connectivity index (χ3v) is 2.30. The van der Waals surface area contributed by atoms with E-state index in [2.05, 4.69) is 0 Å². The normalized spacial score (nSPS) is 15.2. The van der Waals surface area contributed by atoms with Gasteiger partial charge in [0.1, 0.15) is 0 Å². The summed E-state index contributed by atoms with van der Waals surface area (Å²) in [6, 6.07) is 0. The quantitative estimate of drug-likeness (QED) is 0.583. The zero-order valence-electron chi connectivity index (χ0n) is 7.19. The largest absolute Gasteiger partial charge is 0.748 e. The summed E-state index contributed by atoms with van der Waals surface area (Å²) in [5, 5.41) is 0. The van der Waals surface area contributed by atoms with Crippen molar-refractivity contribution >= 4 is 10.1 Å². The van der Waals surface area contributed by atoms with E-state index in [-0.39, 0.29) is 0 Å². The molecule has 0 rings (SSSR count). The summed E-state index contributed by atoms with van der Waals surface area (Å²) in [6.07, 6.45) is -15.2. The van der Waals surface area contributed by atoms with Gasteiger partial charge in [-0.15, -0.1) is 0 Å². The topological polar surface area (TPSA) is 57.2 Å². The molecule has 0 atom stereocenters. The minimum absolute atomic E-state index is 2.09. The lowest BCUT2D eigenvalue weighted by Gasteiger charge is -2.30. The minimum atomic E-state index is -6.34. The average molecular weight is 277 g/mol. The first-order valence-corrected chi connectivity index (χ1v) is 5.04. The maximum absolute atomic E-state index is 12.7. The van der Waals surface area contributed by atoms with Crippen LogP contribution in [-0.4, -0.2) is 36.7 Å². The van der Waals surface area contributed by atoms with Crippen LogP contribution in [0.4, 0.5) is 30.7 Å². The molecule has 0 heterocycles. The highest BCUT2D eigenvalue weighted by molar-refractivity contribution is 7.85. The van der Waals surface area contributed by atoms with Gasteiger partial charge in [-0.1, -0.05) is 0 Å². The van der Waals surface area contributed by atoms with Gasteiger partial charge in [-0.3, -0.25) is 0 Å². The van der Waals surface area contributed by atoms with Crippen LogP contribution in [0, 0.1) is 0 Å². The van der Waals surface area contributed by atoms with Crippen molar-refractivity contribution in [3.63, 3.8) is 0 Å². The number of hydrogen-bond acceptors (Lipinski definition) is 3. The van der Waals surface area contributed by atoms with E-state index in [1.807, 2.05) is 0 Å². The van der Waals surface area contributed by atoms with Crippen LogP contribution >= 0.6 is 0 Å². The highest BCUT2D eigenvalue weighted by atomic mass is 32.2. The van der Waals surface area contributed by atoms with E-state index in [1.165, 1.54) is 0 Å². The Balaban J connectivity index is 5.15. The Morgan fingerprint density at radius 2 is 1.19 bits per heavy atom. The van der Waals surface area contributed by atoms with Crippen molar-refractivity contribution in [3.8, 4) is 0 Å². The number of alkyl halides is 7. The van der Waals surface area contributed by atoms with Gasteiger partial charge >= 0.3 is 12.4 Å². The molecule has 0 aliphatic carbocycles. The standard InChI is InChI=1S/C5H5F7O3S/c6-3(4(7,8)9,5(10,11)12)1-2-16(13,14)15/h1-2H2,(H,13,14,15)/p-1. The monoisotopic (exact) mass is 277 g/mol. The number of rotatable bonds is 3. The van der Waals surface area contributed by atoms with Crippen molar-refractivity contribution in [2.24, 2.45) is 0 Å².